The Labute approximate surface area is 106 Å². The van der Waals surface area contributed by atoms with Crippen molar-refractivity contribution in [3.05, 3.63) is 0 Å². The Morgan fingerprint density at radius 2 is 1.88 bits per heavy atom. The quantitative estimate of drug-likeness (QED) is 0.772. The summed E-state index contributed by atoms with van der Waals surface area (Å²) in [6.07, 6.45) is 3.95. The lowest BCUT2D eigenvalue weighted by Gasteiger charge is -2.20. The molecule has 17 heavy (non-hydrogen) atoms. The highest BCUT2D eigenvalue weighted by Gasteiger charge is 2.28. The molecule has 2 atom stereocenters. The summed E-state index contributed by atoms with van der Waals surface area (Å²) in [7, 11) is -2.97. The van der Waals surface area contributed by atoms with Crippen molar-refractivity contribution in [1.82, 2.24) is 5.32 Å². The fourth-order valence-corrected chi connectivity index (χ4v) is 3.35. The van der Waals surface area contributed by atoms with Gasteiger partial charge >= 0.3 is 0 Å². The van der Waals surface area contributed by atoms with Crippen LogP contribution < -0.4 is 5.32 Å². The van der Waals surface area contributed by atoms with Crippen LogP contribution in [-0.4, -0.2) is 32.0 Å². The molecule has 0 aromatic heterocycles. The van der Waals surface area contributed by atoms with Crippen molar-refractivity contribution in [3.8, 4) is 0 Å². The van der Waals surface area contributed by atoms with Crippen molar-refractivity contribution in [3.63, 3.8) is 0 Å². The van der Waals surface area contributed by atoms with Crippen molar-refractivity contribution in [2.45, 2.75) is 51.7 Å². The van der Waals surface area contributed by atoms with E-state index in [1.165, 1.54) is 19.3 Å². The highest BCUT2D eigenvalue weighted by atomic mass is 32.2. The number of rotatable bonds is 5. The van der Waals surface area contributed by atoms with Crippen LogP contribution in [0.1, 0.15) is 47.0 Å². The van der Waals surface area contributed by atoms with E-state index < -0.39 is 14.6 Å². The maximum atomic E-state index is 11.9. The lowest BCUT2D eigenvalue weighted by molar-refractivity contribution is 0.396. The molecule has 1 saturated carbocycles. The average Bonchev–Trinajstić information content (AvgIpc) is 2.57. The van der Waals surface area contributed by atoms with Crippen molar-refractivity contribution in [2.75, 3.05) is 18.8 Å². The molecule has 4 heteroatoms. The van der Waals surface area contributed by atoms with Gasteiger partial charge in [0.1, 0.15) is 0 Å². The van der Waals surface area contributed by atoms with Crippen LogP contribution in [0.5, 0.6) is 0 Å². The summed E-state index contributed by atoms with van der Waals surface area (Å²) in [5.74, 6) is 1.78. The molecule has 0 aromatic rings. The second-order valence-electron chi connectivity index (χ2n) is 6.30. The zero-order valence-corrected chi connectivity index (χ0v) is 12.4. The Hall–Kier alpha value is -0.0900. The highest BCUT2D eigenvalue weighted by Crippen LogP contribution is 2.30. The molecule has 0 radical (unpaired) electrons. The van der Waals surface area contributed by atoms with E-state index in [1.54, 1.807) is 20.8 Å². The van der Waals surface area contributed by atoms with E-state index in [0.29, 0.717) is 6.54 Å². The Morgan fingerprint density at radius 3 is 2.35 bits per heavy atom. The Kier molecular flexibility index (Phi) is 5.02. The van der Waals surface area contributed by atoms with E-state index in [0.717, 1.165) is 18.4 Å². The fraction of sp³-hybridized carbons (Fsp3) is 1.00. The van der Waals surface area contributed by atoms with Gasteiger partial charge in [0.15, 0.2) is 9.84 Å². The van der Waals surface area contributed by atoms with Crippen molar-refractivity contribution in [2.24, 2.45) is 11.8 Å². The molecule has 1 fully saturated rings. The lowest BCUT2D eigenvalue weighted by atomic mass is 9.98. The van der Waals surface area contributed by atoms with Gasteiger partial charge in [0.05, 0.1) is 10.5 Å². The zero-order valence-electron chi connectivity index (χ0n) is 11.6. The van der Waals surface area contributed by atoms with Crippen LogP contribution in [0.4, 0.5) is 0 Å². The topological polar surface area (TPSA) is 46.2 Å². The maximum absolute atomic E-state index is 11.9. The van der Waals surface area contributed by atoms with Gasteiger partial charge in [0, 0.05) is 6.54 Å². The Morgan fingerprint density at radius 1 is 1.24 bits per heavy atom. The third kappa shape index (κ3) is 4.25. The number of nitrogens with one attached hydrogen (secondary N) is 1. The molecule has 0 spiro atoms. The van der Waals surface area contributed by atoms with Gasteiger partial charge in [-0.15, -0.1) is 0 Å². The minimum atomic E-state index is -2.97. The second kappa shape index (κ2) is 5.70. The van der Waals surface area contributed by atoms with Crippen LogP contribution in [0.25, 0.3) is 0 Å². The first-order valence-electron chi connectivity index (χ1n) is 6.67. The first-order chi connectivity index (χ1) is 7.74. The third-order valence-electron chi connectivity index (χ3n) is 3.93. The Balaban J connectivity index is 2.25. The van der Waals surface area contributed by atoms with Gasteiger partial charge in [0.2, 0.25) is 0 Å². The van der Waals surface area contributed by atoms with Crippen LogP contribution in [0.3, 0.4) is 0 Å². The molecule has 0 amide bonds. The van der Waals surface area contributed by atoms with E-state index in [2.05, 4.69) is 12.2 Å². The van der Waals surface area contributed by atoms with Gasteiger partial charge in [-0.1, -0.05) is 19.8 Å². The fourth-order valence-electron chi connectivity index (χ4n) is 2.33. The van der Waals surface area contributed by atoms with Crippen LogP contribution in [-0.2, 0) is 9.84 Å². The third-order valence-corrected chi connectivity index (χ3v) is 6.53. The van der Waals surface area contributed by atoms with Gasteiger partial charge in [-0.2, -0.15) is 0 Å². The molecule has 1 aliphatic rings. The van der Waals surface area contributed by atoms with E-state index in [4.69, 9.17) is 0 Å². The van der Waals surface area contributed by atoms with Crippen LogP contribution in [0.2, 0.25) is 0 Å². The highest BCUT2D eigenvalue weighted by molar-refractivity contribution is 7.92. The molecule has 0 saturated heterocycles. The summed E-state index contributed by atoms with van der Waals surface area (Å²) in [4.78, 5) is 0. The lowest BCUT2D eigenvalue weighted by Crippen LogP contribution is -2.36. The molecule has 3 nitrogen and oxygen atoms in total. The monoisotopic (exact) mass is 261 g/mol. The van der Waals surface area contributed by atoms with E-state index in [1.807, 2.05) is 0 Å². The molecule has 0 aliphatic heterocycles. The molecule has 0 heterocycles. The summed E-state index contributed by atoms with van der Waals surface area (Å²) in [6, 6.07) is 0. The van der Waals surface area contributed by atoms with Gasteiger partial charge in [0.25, 0.3) is 0 Å². The van der Waals surface area contributed by atoms with Crippen LogP contribution >= 0.6 is 0 Å². The van der Waals surface area contributed by atoms with Crippen molar-refractivity contribution < 1.29 is 8.42 Å². The van der Waals surface area contributed by atoms with Crippen molar-refractivity contribution >= 4 is 9.84 Å². The van der Waals surface area contributed by atoms with Crippen LogP contribution in [0, 0.1) is 11.8 Å². The predicted molar refractivity (Wildman–Crippen MR) is 72.9 cm³/mol. The summed E-state index contributed by atoms with van der Waals surface area (Å²) in [6.45, 7) is 9.15. The molecule has 1 N–H and O–H groups in total. The van der Waals surface area contributed by atoms with Gasteiger partial charge in [-0.05, 0) is 45.6 Å². The van der Waals surface area contributed by atoms with Gasteiger partial charge in [-0.25, -0.2) is 8.42 Å². The van der Waals surface area contributed by atoms with E-state index in [9.17, 15) is 8.42 Å². The second-order valence-corrected chi connectivity index (χ2v) is 9.17. The van der Waals surface area contributed by atoms with E-state index in [-0.39, 0.29) is 5.75 Å². The first-order valence-corrected chi connectivity index (χ1v) is 8.32. The zero-order chi connectivity index (χ0) is 13.1. The standard InChI is InChI=1S/C13H27NO2S/c1-11-6-5-7-12(11)10-14-8-9-17(15,16)13(2,3)4/h11-12,14H,5-10H2,1-4H3. The molecule has 2 unspecified atom stereocenters. The first kappa shape index (κ1) is 15.0. The SMILES string of the molecule is CC1CCCC1CNCCS(=O)(=O)C(C)(C)C. The van der Waals surface area contributed by atoms with Gasteiger partial charge < -0.3 is 5.32 Å². The largest absolute Gasteiger partial charge is 0.315 e. The maximum Gasteiger partial charge on any atom is 0.156 e. The van der Waals surface area contributed by atoms with Gasteiger partial charge in [-0.3, -0.25) is 0 Å². The summed E-state index contributed by atoms with van der Waals surface area (Å²) >= 11 is 0. The molecule has 1 rings (SSSR count). The molecular formula is C13H27NO2S. The minimum Gasteiger partial charge on any atom is -0.315 e. The normalized spacial score (nSPS) is 26.4. The number of hydrogen-bond acceptors (Lipinski definition) is 3. The number of hydrogen-bond donors (Lipinski definition) is 1. The number of sulfone groups is 1. The molecule has 102 valence electrons. The molecule has 0 aromatic carbocycles. The molecule has 0 bridgehead atoms. The average molecular weight is 261 g/mol. The minimum absolute atomic E-state index is 0.248. The van der Waals surface area contributed by atoms with E-state index >= 15 is 0 Å². The summed E-state index contributed by atoms with van der Waals surface area (Å²) in [5.41, 5.74) is 0. The van der Waals surface area contributed by atoms with Crippen LogP contribution in [0.15, 0.2) is 0 Å². The summed E-state index contributed by atoms with van der Waals surface area (Å²) in [5, 5.41) is 3.31. The Bertz CT molecular complexity index is 330. The predicted octanol–water partition coefficient (Wildman–Crippen LogP) is 2.23. The smallest absolute Gasteiger partial charge is 0.156 e. The molecule has 1 aliphatic carbocycles. The molecular weight excluding hydrogens is 234 g/mol. The van der Waals surface area contributed by atoms with Crippen molar-refractivity contribution in [1.29, 1.82) is 0 Å². The summed E-state index contributed by atoms with van der Waals surface area (Å²) < 4.78 is 23.1.